The minimum absolute atomic E-state index is 0.206. The van der Waals surface area contributed by atoms with E-state index in [1.54, 1.807) is 0 Å². The Morgan fingerprint density at radius 3 is 1.97 bits per heavy atom. The van der Waals surface area contributed by atoms with Gasteiger partial charge in [0.05, 0.1) is 6.61 Å². The second kappa shape index (κ2) is 15.6. The van der Waals surface area contributed by atoms with Gasteiger partial charge >= 0.3 is 11.9 Å². The van der Waals surface area contributed by atoms with Gasteiger partial charge < -0.3 is 20.1 Å². The first-order chi connectivity index (χ1) is 14.0. The van der Waals surface area contributed by atoms with Gasteiger partial charge in [-0.2, -0.15) is 0 Å². The Balaban J connectivity index is 2.40. The molecule has 0 radical (unpaired) electrons. The third kappa shape index (κ3) is 12.7. The number of benzene rings is 1. The number of carbonyl (C=O) groups is 2. The van der Waals surface area contributed by atoms with Crippen molar-refractivity contribution in [2.45, 2.75) is 70.6 Å². The Labute approximate surface area is 173 Å². The summed E-state index contributed by atoms with van der Waals surface area (Å²) in [5.41, 5.74) is 1.69. The van der Waals surface area contributed by atoms with Crippen molar-refractivity contribution < 1.29 is 29.6 Å². The number of aliphatic carboxylic acids is 2. The van der Waals surface area contributed by atoms with E-state index in [-0.39, 0.29) is 13.0 Å². The van der Waals surface area contributed by atoms with Crippen LogP contribution < -0.4 is 4.74 Å². The van der Waals surface area contributed by atoms with Crippen LogP contribution in [-0.2, 0) is 9.59 Å². The standard InChI is InChI=1S/C23H34O6/c24-16-8-5-9-17-29-21-14-12-19(13-15-21)20(18-23(27)28)10-6-3-1-2-4-7-11-22(25)26/h12-15,18,24H,1-11,16-17H2,(H,25,26)(H,27,28)/b20-18+. The minimum atomic E-state index is -0.946. The van der Waals surface area contributed by atoms with Crippen LogP contribution in [0.2, 0.25) is 0 Å². The summed E-state index contributed by atoms with van der Waals surface area (Å²) in [5.74, 6) is -0.932. The van der Waals surface area contributed by atoms with E-state index in [0.29, 0.717) is 13.0 Å². The molecule has 0 aromatic heterocycles. The van der Waals surface area contributed by atoms with Crippen LogP contribution >= 0.6 is 0 Å². The zero-order valence-corrected chi connectivity index (χ0v) is 17.1. The number of hydrogen-bond donors (Lipinski definition) is 3. The molecule has 6 nitrogen and oxygen atoms in total. The van der Waals surface area contributed by atoms with Crippen molar-refractivity contribution in [3.05, 3.63) is 35.9 Å². The molecular formula is C23H34O6. The molecule has 29 heavy (non-hydrogen) atoms. The van der Waals surface area contributed by atoms with Gasteiger partial charge in [0.1, 0.15) is 5.75 Å². The summed E-state index contributed by atoms with van der Waals surface area (Å²) in [7, 11) is 0. The third-order valence-corrected chi connectivity index (χ3v) is 4.68. The van der Waals surface area contributed by atoms with Gasteiger partial charge in [-0.1, -0.05) is 37.8 Å². The van der Waals surface area contributed by atoms with Crippen molar-refractivity contribution in [3.63, 3.8) is 0 Å². The highest BCUT2D eigenvalue weighted by molar-refractivity contribution is 5.90. The number of aliphatic hydroxyl groups is 1. The quantitative estimate of drug-likeness (QED) is 0.251. The van der Waals surface area contributed by atoms with Gasteiger partial charge in [-0.3, -0.25) is 4.79 Å². The van der Waals surface area contributed by atoms with Crippen LogP contribution in [0.3, 0.4) is 0 Å². The lowest BCUT2D eigenvalue weighted by molar-refractivity contribution is -0.137. The maximum Gasteiger partial charge on any atom is 0.328 e. The summed E-state index contributed by atoms with van der Waals surface area (Å²) in [4.78, 5) is 21.6. The summed E-state index contributed by atoms with van der Waals surface area (Å²) >= 11 is 0. The molecule has 0 spiro atoms. The van der Waals surface area contributed by atoms with Crippen LogP contribution in [0.25, 0.3) is 5.57 Å². The average molecular weight is 407 g/mol. The first kappa shape index (κ1) is 24.7. The van der Waals surface area contributed by atoms with E-state index in [2.05, 4.69) is 0 Å². The van der Waals surface area contributed by atoms with E-state index in [1.165, 1.54) is 6.08 Å². The van der Waals surface area contributed by atoms with E-state index in [4.69, 9.17) is 20.1 Å². The predicted octanol–water partition coefficient (Wildman–Crippen LogP) is 4.90. The molecule has 0 saturated heterocycles. The first-order valence-corrected chi connectivity index (χ1v) is 10.5. The van der Waals surface area contributed by atoms with Crippen molar-refractivity contribution >= 4 is 17.5 Å². The molecule has 1 aromatic carbocycles. The van der Waals surface area contributed by atoms with E-state index in [1.807, 2.05) is 24.3 Å². The number of carboxylic acid groups (broad SMARTS) is 2. The number of allylic oxidation sites excluding steroid dienone is 1. The highest BCUT2D eigenvalue weighted by atomic mass is 16.5. The normalized spacial score (nSPS) is 11.4. The number of unbranched alkanes of at least 4 members (excludes halogenated alkanes) is 7. The van der Waals surface area contributed by atoms with Gasteiger partial charge in [-0.15, -0.1) is 0 Å². The van der Waals surface area contributed by atoms with Gasteiger partial charge in [-0.05, 0) is 61.8 Å². The summed E-state index contributed by atoms with van der Waals surface area (Å²) in [6, 6.07) is 7.51. The van der Waals surface area contributed by atoms with Crippen molar-refractivity contribution in [1.82, 2.24) is 0 Å². The summed E-state index contributed by atoms with van der Waals surface area (Å²) in [6.07, 6.45) is 10.4. The molecule has 0 atom stereocenters. The molecule has 0 aliphatic rings. The fourth-order valence-corrected chi connectivity index (χ4v) is 3.09. The molecule has 3 N–H and O–H groups in total. The van der Waals surface area contributed by atoms with Crippen molar-refractivity contribution in [2.24, 2.45) is 0 Å². The molecule has 0 fully saturated rings. The average Bonchev–Trinajstić information content (AvgIpc) is 2.69. The van der Waals surface area contributed by atoms with Gasteiger partial charge in [0, 0.05) is 19.1 Å². The van der Waals surface area contributed by atoms with Crippen molar-refractivity contribution in [2.75, 3.05) is 13.2 Å². The lowest BCUT2D eigenvalue weighted by Gasteiger charge is -2.10. The van der Waals surface area contributed by atoms with Gasteiger partial charge in [-0.25, -0.2) is 4.79 Å². The fraction of sp³-hybridized carbons (Fsp3) is 0.565. The molecule has 0 aliphatic carbocycles. The van der Waals surface area contributed by atoms with E-state index < -0.39 is 11.9 Å². The van der Waals surface area contributed by atoms with Crippen molar-refractivity contribution in [1.29, 1.82) is 0 Å². The van der Waals surface area contributed by atoms with E-state index >= 15 is 0 Å². The summed E-state index contributed by atoms with van der Waals surface area (Å²) in [6.45, 7) is 0.807. The zero-order valence-electron chi connectivity index (χ0n) is 17.1. The van der Waals surface area contributed by atoms with E-state index in [9.17, 15) is 9.59 Å². The molecule has 0 amide bonds. The molecule has 0 unspecified atom stereocenters. The molecule has 0 heterocycles. The van der Waals surface area contributed by atoms with Crippen LogP contribution in [0.5, 0.6) is 5.75 Å². The minimum Gasteiger partial charge on any atom is -0.494 e. The van der Waals surface area contributed by atoms with Crippen LogP contribution in [-0.4, -0.2) is 40.5 Å². The number of hydrogen-bond acceptors (Lipinski definition) is 4. The SMILES string of the molecule is O=C(O)/C=C(\CCCCCCCCC(=O)O)c1ccc(OCCCCCO)cc1. The zero-order chi connectivity index (χ0) is 21.3. The Kier molecular flexibility index (Phi) is 13.3. The van der Waals surface area contributed by atoms with Crippen LogP contribution in [0.1, 0.15) is 76.2 Å². The second-order valence-electron chi connectivity index (χ2n) is 7.18. The van der Waals surface area contributed by atoms with Gasteiger partial charge in [0.25, 0.3) is 0 Å². The largest absolute Gasteiger partial charge is 0.494 e. The second-order valence-corrected chi connectivity index (χ2v) is 7.18. The Bertz CT molecular complexity index is 621. The van der Waals surface area contributed by atoms with Crippen LogP contribution in [0.15, 0.2) is 30.3 Å². The molecule has 162 valence electrons. The molecule has 1 rings (SSSR count). The highest BCUT2D eigenvalue weighted by Gasteiger charge is 2.06. The van der Waals surface area contributed by atoms with Crippen LogP contribution in [0, 0.1) is 0 Å². The van der Waals surface area contributed by atoms with E-state index in [0.717, 1.165) is 74.7 Å². The Morgan fingerprint density at radius 2 is 1.38 bits per heavy atom. The molecule has 0 aliphatic heterocycles. The maximum atomic E-state index is 11.2. The Hall–Kier alpha value is -2.34. The smallest absolute Gasteiger partial charge is 0.328 e. The van der Waals surface area contributed by atoms with Crippen LogP contribution in [0.4, 0.5) is 0 Å². The first-order valence-electron chi connectivity index (χ1n) is 10.5. The molecule has 0 bridgehead atoms. The lowest BCUT2D eigenvalue weighted by atomic mass is 9.98. The molecular weight excluding hydrogens is 372 g/mol. The lowest BCUT2D eigenvalue weighted by Crippen LogP contribution is -1.98. The van der Waals surface area contributed by atoms with Crippen molar-refractivity contribution in [3.8, 4) is 5.75 Å². The topological polar surface area (TPSA) is 104 Å². The monoisotopic (exact) mass is 406 g/mol. The maximum absolute atomic E-state index is 11.2. The van der Waals surface area contributed by atoms with Gasteiger partial charge in [0.2, 0.25) is 0 Å². The number of carboxylic acids is 2. The number of rotatable bonds is 17. The predicted molar refractivity (Wildman–Crippen MR) is 113 cm³/mol. The molecule has 1 aromatic rings. The number of ether oxygens (including phenoxy) is 1. The summed E-state index contributed by atoms with van der Waals surface area (Å²) in [5, 5.41) is 26.5. The number of aliphatic hydroxyl groups excluding tert-OH is 1. The Morgan fingerprint density at radius 1 is 0.793 bits per heavy atom. The fourth-order valence-electron chi connectivity index (χ4n) is 3.09. The third-order valence-electron chi connectivity index (χ3n) is 4.68. The summed E-state index contributed by atoms with van der Waals surface area (Å²) < 4.78 is 5.67. The molecule has 0 saturated carbocycles. The highest BCUT2D eigenvalue weighted by Crippen LogP contribution is 2.24. The molecule has 6 heteroatoms. The van der Waals surface area contributed by atoms with Gasteiger partial charge in [0.15, 0.2) is 0 Å².